The molecule has 0 saturated carbocycles. The second kappa shape index (κ2) is 9.35. The smallest absolute Gasteiger partial charge is 0.330 e. The summed E-state index contributed by atoms with van der Waals surface area (Å²) in [6, 6.07) is 7.97. The molecule has 0 radical (unpaired) electrons. The van der Waals surface area contributed by atoms with Gasteiger partial charge in [0.1, 0.15) is 6.10 Å². The number of benzene rings is 1. The monoisotopic (exact) mass is 445 g/mol. The lowest BCUT2D eigenvalue weighted by Gasteiger charge is -2.43. The summed E-state index contributed by atoms with van der Waals surface area (Å²) in [5, 5.41) is 13.9. The van der Waals surface area contributed by atoms with Crippen LogP contribution in [-0.4, -0.2) is 46.1 Å². The van der Waals surface area contributed by atoms with Gasteiger partial charge in [-0.1, -0.05) is 48.5 Å². The highest BCUT2D eigenvalue weighted by Gasteiger charge is 2.49. The van der Waals surface area contributed by atoms with Crippen LogP contribution in [0.15, 0.2) is 35.9 Å². The van der Waals surface area contributed by atoms with E-state index in [0.29, 0.717) is 18.1 Å². The second-order valence-electron chi connectivity index (χ2n) is 9.05. The number of aryl methyl sites for hydroxylation is 1. The number of fused-ring (bicyclic) bond motifs is 3. The first-order chi connectivity index (χ1) is 14.8. The maximum Gasteiger partial charge on any atom is 0.330 e. The lowest BCUT2D eigenvalue weighted by Crippen LogP contribution is -2.58. The van der Waals surface area contributed by atoms with E-state index in [1.165, 1.54) is 11.1 Å². The quantitative estimate of drug-likeness (QED) is 0.634. The Hall–Kier alpha value is -1.83. The largest absolute Gasteiger partial charge is 0.459 e. The van der Waals surface area contributed by atoms with E-state index in [9.17, 15) is 14.7 Å². The van der Waals surface area contributed by atoms with E-state index in [1.54, 1.807) is 6.08 Å². The number of esters is 1. The van der Waals surface area contributed by atoms with Gasteiger partial charge in [0.25, 0.3) is 5.24 Å². The van der Waals surface area contributed by atoms with Gasteiger partial charge in [0.15, 0.2) is 5.79 Å². The molecule has 2 bridgehead atoms. The van der Waals surface area contributed by atoms with Gasteiger partial charge in [-0.3, -0.25) is 4.79 Å². The van der Waals surface area contributed by atoms with Gasteiger partial charge in [0.2, 0.25) is 0 Å². The Labute approximate surface area is 187 Å². The molecule has 1 aromatic rings. The summed E-state index contributed by atoms with van der Waals surface area (Å²) in [6.45, 7) is 4.18. The zero-order valence-corrected chi connectivity index (χ0v) is 19.0. The van der Waals surface area contributed by atoms with E-state index in [4.69, 9.17) is 9.47 Å². The Balaban J connectivity index is 1.60. The van der Waals surface area contributed by atoms with Gasteiger partial charge in [0, 0.05) is 24.7 Å². The van der Waals surface area contributed by atoms with Gasteiger partial charge in [-0.15, -0.1) is 0 Å². The molecule has 1 amide bonds. The molecule has 2 N–H and O–H groups in total. The molecule has 3 heterocycles. The number of carbonyl (C=O) groups excluding carboxylic acids is 2. The molecule has 3 aliphatic rings. The molecule has 2 fully saturated rings. The van der Waals surface area contributed by atoms with E-state index in [2.05, 4.69) is 36.5 Å². The van der Waals surface area contributed by atoms with Crippen LogP contribution in [-0.2, 0) is 20.7 Å². The summed E-state index contributed by atoms with van der Waals surface area (Å²) in [5.41, 5.74) is 3.61. The first-order valence-corrected chi connectivity index (χ1v) is 12.1. The number of rotatable bonds is 1. The fourth-order valence-electron chi connectivity index (χ4n) is 4.84. The SMILES string of the molecule is C/C1=C/C(=O)O[C@@H]2CC(CC[C@H](C)c3ccccc3CC1)O[C@@](O)([C@@H]1CSC(=O)N1)C2. The first kappa shape index (κ1) is 22.4. The molecule has 31 heavy (non-hydrogen) atoms. The van der Waals surface area contributed by atoms with Gasteiger partial charge in [-0.2, -0.15) is 0 Å². The Kier molecular flexibility index (Phi) is 6.74. The summed E-state index contributed by atoms with van der Waals surface area (Å²) in [6.07, 6.45) is 4.90. The molecule has 2 saturated heterocycles. The van der Waals surface area contributed by atoms with Crippen LogP contribution < -0.4 is 5.32 Å². The third-order valence-electron chi connectivity index (χ3n) is 6.58. The molecule has 4 rings (SSSR count). The molecular formula is C24H31NO5S. The van der Waals surface area contributed by atoms with E-state index in [1.807, 2.05) is 6.92 Å². The number of amides is 1. The van der Waals surface area contributed by atoms with E-state index >= 15 is 0 Å². The van der Waals surface area contributed by atoms with Crippen LogP contribution in [0.3, 0.4) is 0 Å². The topological polar surface area (TPSA) is 84.9 Å². The average molecular weight is 446 g/mol. The second-order valence-corrected chi connectivity index (χ2v) is 10.0. The Bertz CT molecular complexity index is 871. The highest BCUT2D eigenvalue weighted by Crippen LogP contribution is 2.38. The van der Waals surface area contributed by atoms with Crippen molar-refractivity contribution in [3.8, 4) is 0 Å². The van der Waals surface area contributed by atoms with Crippen molar-refractivity contribution in [2.24, 2.45) is 0 Å². The predicted molar refractivity (Wildman–Crippen MR) is 120 cm³/mol. The van der Waals surface area contributed by atoms with E-state index in [0.717, 1.165) is 43.0 Å². The molecule has 168 valence electrons. The average Bonchev–Trinajstić information content (AvgIpc) is 3.17. The Morgan fingerprint density at radius 1 is 1.16 bits per heavy atom. The highest BCUT2D eigenvalue weighted by molar-refractivity contribution is 8.14. The molecule has 0 aliphatic carbocycles. The van der Waals surface area contributed by atoms with Crippen molar-refractivity contribution in [3.05, 3.63) is 47.0 Å². The molecule has 7 heteroatoms. The number of hydrogen-bond donors (Lipinski definition) is 2. The third kappa shape index (κ3) is 5.33. The number of allylic oxidation sites excluding steroid dienone is 1. The minimum absolute atomic E-state index is 0.159. The van der Waals surface area contributed by atoms with Crippen LogP contribution in [0.1, 0.15) is 63.0 Å². The standard InChI is InChI=1S/C24H31NO5S/c1-15-7-9-17-5-3-4-6-20(17)16(2)8-10-18-12-19(29-22(26)11-15)13-24(28,30-18)21-14-31-23(27)25-21/h3-6,11,16,18-19,21,28H,7-10,12-14H2,1-2H3,(H,25,27)/b15-11-/t16-,18?,19+,21-,24+/m0/s1. The van der Waals surface area contributed by atoms with Crippen molar-refractivity contribution in [2.75, 3.05) is 5.75 Å². The summed E-state index contributed by atoms with van der Waals surface area (Å²) in [7, 11) is 0. The van der Waals surface area contributed by atoms with Crippen LogP contribution in [0.5, 0.6) is 0 Å². The van der Waals surface area contributed by atoms with Crippen molar-refractivity contribution in [3.63, 3.8) is 0 Å². The fraction of sp³-hybridized carbons (Fsp3) is 0.583. The van der Waals surface area contributed by atoms with Crippen molar-refractivity contribution in [1.82, 2.24) is 5.32 Å². The van der Waals surface area contributed by atoms with Crippen molar-refractivity contribution >= 4 is 23.0 Å². The van der Waals surface area contributed by atoms with E-state index < -0.39 is 17.9 Å². The molecule has 5 atom stereocenters. The van der Waals surface area contributed by atoms with Crippen LogP contribution in [0.4, 0.5) is 4.79 Å². The van der Waals surface area contributed by atoms with Crippen LogP contribution >= 0.6 is 11.8 Å². The van der Waals surface area contributed by atoms with Gasteiger partial charge < -0.3 is 19.9 Å². The lowest BCUT2D eigenvalue weighted by molar-refractivity contribution is -0.283. The van der Waals surface area contributed by atoms with Crippen LogP contribution in [0.25, 0.3) is 0 Å². The van der Waals surface area contributed by atoms with Crippen molar-refractivity contribution in [2.45, 2.75) is 82.3 Å². The molecule has 1 aromatic carbocycles. The van der Waals surface area contributed by atoms with Crippen LogP contribution in [0, 0.1) is 0 Å². The van der Waals surface area contributed by atoms with E-state index in [-0.39, 0.29) is 23.7 Å². The minimum Gasteiger partial charge on any atom is -0.459 e. The maximum atomic E-state index is 12.6. The van der Waals surface area contributed by atoms with Gasteiger partial charge in [-0.25, -0.2) is 4.79 Å². The minimum atomic E-state index is -1.54. The summed E-state index contributed by atoms with van der Waals surface area (Å²) in [5.74, 6) is -1.13. The normalized spacial score (nSPS) is 36.4. The number of hydrogen-bond acceptors (Lipinski definition) is 6. The fourth-order valence-corrected chi connectivity index (χ4v) is 5.73. The summed E-state index contributed by atoms with van der Waals surface area (Å²) >= 11 is 1.14. The summed E-state index contributed by atoms with van der Waals surface area (Å²) < 4.78 is 11.9. The zero-order valence-electron chi connectivity index (χ0n) is 18.1. The van der Waals surface area contributed by atoms with Gasteiger partial charge in [0.05, 0.1) is 12.1 Å². The lowest BCUT2D eigenvalue weighted by atomic mass is 9.86. The maximum absolute atomic E-state index is 12.6. The molecule has 0 spiro atoms. The molecule has 6 nitrogen and oxygen atoms in total. The highest BCUT2D eigenvalue weighted by atomic mass is 32.2. The number of carbonyl (C=O) groups is 2. The van der Waals surface area contributed by atoms with Crippen molar-refractivity contribution in [1.29, 1.82) is 0 Å². The molecular weight excluding hydrogens is 414 g/mol. The number of thioether (sulfide) groups is 1. The number of ether oxygens (including phenoxy) is 2. The van der Waals surface area contributed by atoms with Crippen LogP contribution in [0.2, 0.25) is 0 Å². The number of nitrogens with one attached hydrogen (secondary N) is 1. The van der Waals surface area contributed by atoms with Crippen molar-refractivity contribution < 1.29 is 24.2 Å². The van der Waals surface area contributed by atoms with Gasteiger partial charge in [-0.05, 0) is 49.7 Å². The molecule has 0 aromatic heterocycles. The molecule has 3 aliphatic heterocycles. The first-order valence-electron chi connectivity index (χ1n) is 11.1. The molecule has 1 unspecified atom stereocenters. The Morgan fingerprint density at radius 2 is 1.97 bits per heavy atom. The third-order valence-corrected chi connectivity index (χ3v) is 7.46. The van der Waals surface area contributed by atoms with Gasteiger partial charge >= 0.3 is 5.97 Å². The summed E-state index contributed by atoms with van der Waals surface area (Å²) in [4.78, 5) is 24.3. The number of aliphatic hydroxyl groups is 1. The Morgan fingerprint density at radius 3 is 2.74 bits per heavy atom. The zero-order chi connectivity index (χ0) is 22.0. The predicted octanol–water partition coefficient (Wildman–Crippen LogP) is 4.07.